The summed E-state index contributed by atoms with van der Waals surface area (Å²) in [4.78, 5) is 12.0. The van der Waals surface area contributed by atoms with Crippen LogP contribution in [0.3, 0.4) is 0 Å². The molecule has 0 saturated heterocycles. The third kappa shape index (κ3) is 14.5. The van der Waals surface area contributed by atoms with Crippen LogP contribution in [0.4, 0.5) is 0 Å². The van der Waals surface area contributed by atoms with E-state index in [0.29, 0.717) is 6.42 Å². The van der Waals surface area contributed by atoms with E-state index in [9.17, 15) is 17.8 Å². The molecule has 0 fully saturated rings. The number of hydrogen-bond acceptors (Lipinski definition) is 6. The minimum atomic E-state index is -4.47. The van der Waals surface area contributed by atoms with Crippen LogP contribution in [0.2, 0.25) is 0 Å². The quantitative estimate of drug-likeness (QED) is 0.131. The van der Waals surface area contributed by atoms with Gasteiger partial charge in [-0.25, -0.2) is 22.3 Å². The van der Waals surface area contributed by atoms with Crippen LogP contribution in [-0.2, 0) is 37.7 Å². The van der Waals surface area contributed by atoms with Crippen molar-refractivity contribution >= 4 is 16.4 Å². The molecule has 0 radical (unpaired) electrons. The minimum Gasteiger partial charge on any atom is -0.726 e. The van der Waals surface area contributed by atoms with Crippen molar-refractivity contribution in [3.05, 3.63) is 54.6 Å². The highest BCUT2D eigenvalue weighted by atomic mass is 32.3. The molecule has 2 rings (SSSR count). The van der Waals surface area contributed by atoms with E-state index in [2.05, 4.69) is 18.0 Å². The van der Waals surface area contributed by atoms with Gasteiger partial charge in [0.2, 0.25) is 16.7 Å². The SMILES string of the molecule is CCCCCCCCOS(=O)(=O)[O-].CCC[C@H](OC(=O)Cn1cc[n+](C)c1)c1ccccc1. The molecule has 0 aliphatic heterocycles. The topological polar surface area (TPSA) is 102 Å². The molecule has 0 bridgehead atoms. The monoisotopic (exact) mass is 482 g/mol. The normalized spacial score (nSPS) is 12.0. The summed E-state index contributed by atoms with van der Waals surface area (Å²) < 4.78 is 43.4. The summed E-state index contributed by atoms with van der Waals surface area (Å²) in [5, 5.41) is 0. The molecule has 0 amide bonds. The van der Waals surface area contributed by atoms with Crippen molar-refractivity contribution in [2.75, 3.05) is 6.61 Å². The number of imidazole rings is 1. The number of unbranched alkanes of at least 4 members (excludes halogenated alkanes) is 5. The van der Waals surface area contributed by atoms with Crippen LogP contribution in [0, 0.1) is 0 Å². The molecule has 1 atom stereocenters. The van der Waals surface area contributed by atoms with Gasteiger partial charge in [0.05, 0.1) is 13.7 Å². The first-order valence-electron chi connectivity index (χ1n) is 11.6. The number of rotatable bonds is 14. The Kier molecular flexibility index (Phi) is 14.3. The molecule has 0 aliphatic rings. The number of aryl methyl sites for hydroxylation is 1. The van der Waals surface area contributed by atoms with Gasteiger partial charge in [0.1, 0.15) is 18.5 Å². The van der Waals surface area contributed by atoms with E-state index in [0.717, 1.165) is 31.2 Å². The first-order chi connectivity index (χ1) is 15.7. The molecule has 0 N–H and O–H groups in total. The number of carbonyl (C=O) groups excluding carboxylic acids is 1. The van der Waals surface area contributed by atoms with E-state index in [1.54, 1.807) is 0 Å². The third-order valence-corrected chi connectivity index (χ3v) is 5.31. The lowest BCUT2D eigenvalue weighted by Gasteiger charge is -2.17. The molecule has 186 valence electrons. The number of ether oxygens (including phenoxy) is 1. The fourth-order valence-electron chi connectivity index (χ4n) is 3.21. The molecule has 0 saturated carbocycles. The predicted octanol–water partition coefficient (Wildman–Crippen LogP) is 4.22. The van der Waals surface area contributed by atoms with Gasteiger partial charge in [-0.2, -0.15) is 0 Å². The van der Waals surface area contributed by atoms with Crippen molar-refractivity contribution < 1.29 is 31.3 Å². The molecule has 8 nitrogen and oxygen atoms in total. The van der Waals surface area contributed by atoms with Crippen molar-refractivity contribution in [2.45, 2.75) is 77.9 Å². The fraction of sp³-hybridized carbons (Fsp3) is 0.583. The molecule has 0 spiro atoms. The highest BCUT2D eigenvalue weighted by Gasteiger charge is 2.17. The summed E-state index contributed by atoms with van der Waals surface area (Å²) in [6, 6.07) is 9.91. The van der Waals surface area contributed by atoms with Crippen LogP contribution >= 0.6 is 0 Å². The standard InChI is InChI=1S/C16H21N2O2.C8H18O4S/c1-3-7-15(14-8-5-4-6-9-14)20-16(19)12-18-11-10-17(2)13-18;1-2-3-4-5-6-7-8-12-13(9,10)11/h4-6,8-11,13,15H,3,7,12H2,1-2H3;2-8H2,1H3,(H,9,10,11)/q+1;/p-1/t15-;/m0./s1. The summed E-state index contributed by atoms with van der Waals surface area (Å²) in [6.45, 7) is 4.49. The van der Waals surface area contributed by atoms with Crippen LogP contribution in [-0.4, -0.2) is 30.1 Å². The second-order valence-electron chi connectivity index (χ2n) is 7.93. The average Bonchev–Trinajstić information content (AvgIpc) is 3.17. The van der Waals surface area contributed by atoms with E-state index in [4.69, 9.17) is 4.74 Å². The molecule has 0 aliphatic carbocycles. The molecule has 1 aromatic carbocycles. The zero-order valence-electron chi connectivity index (χ0n) is 20.0. The van der Waals surface area contributed by atoms with E-state index < -0.39 is 10.4 Å². The van der Waals surface area contributed by atoms with Crippen molar-refractivity contribution in [1.29, 1.82) is 0 Å². The molecule has 9 heteroatoms. The van der Waals surface area contributed by atoms with E-state index in [1.807, 2.05) is 65.2 Å². The number of nitrogens with zero attached hydrogens (tertiary/aromatic N) is 2. The Balaban J connectivity index is 0.000000366. The Bertz CT molecular complexity index is 883. The lowest BCUT2D eigenvalue weighted by atomic mass is 10.1. The zero-order valence-corrected chi connectivity index (χ0v) is 20.8. The van der Waals surface area contributed by atoms with Crippen molar-refractivity contribution in [3.8, 4) is 0 Å². The van der Waals surface area contributed by atoms with Gasteiger partial charge in [0, 0.05) is 0 Å². The van der Waals surface area contributed by atoms with Crippen molar-refractivity contribution in [2.24, 2.45) is 7.05 Å². The van der Waals surface area contributed by atoms with Gasteiger partial charge in [-0.15, -0.1) is 0 Å². The minimum absolute atomic E-state index is 0.0258. The second-order valence-corrected chi connectivity index (χ2v) is 8.98. The van der Waals surface area contributed by atoms with E-state index in [-0.39, 0.29) is 25.2 Å². The Labute approximate surface area is 198 Å². The Hall–Kier alpha value is -2.23. The average molecular weight is 483 g/mol. The number of carbonyl (C=O) groups is 1. The molecule has 0 unspecified atom stereocenters. The van der Waals surface area contributed by atoms with Crippen molar-refractivity contribution in [1.82, 2.24) is 4.57 Å². The van der Waals surface area contributed by atoms with E-state index in [1.165, 1.54) is 19.3 Å². The molecule has 33 heavy (non-hydrogen) atoms. The van der Waals surface area contributed by atoms with Gasteiger partial charge in [0.25, 0.3) is 0 Å². The van der Waals surface area contributed by atoms with Crippen LogP contribution < -0.4 is 4.57 Å². The third-order valence-electron chi connectivity index (χ3n) is 4.86. The molecule has 1 aromatic heterocycles. The van der Waals surface area contributed by atoms with E-state index >= 15 is 0 Å². The Morgan fingerprint density at radius 3 is 2.30 bits per heavy atom. The van der Waals surface area contributed by atoms with Gasteiger partial charge < -0.3 is 9.29 Å². The number of hydrogen-bond donors (Lipinski definition) is 0. The smallest absolute Gasteiger partial charge is 0.349 e. The number of benzene rings is 1. The summed E-state index contributed by atoms with van der Waals surface area (Å²) in [5.74, 6) is -0.205. The summed E-state index contributed by atoms with van der Waals surface area (Å²) in [5.41, 5.74) is 1.06. The number of aromatic nitrogens is 2. The second kappa shape index (κ2) is 16.4. The summed E-state index contributed by atoms with van der Waals surface area (Å²) >= 11 is 0. The number of esters is 1. The summed E-state index contributed by atoms with van der Waals surface area (Å²) in [7, 11) is -2.55. The molecular weight excluding hydrogens is 444 g/mol. The lowest BCUT2D eigenvalue weighted by molar-refractivity contribution is -0.671. The van der Waals surface area contributed by atoms with Crippen LogP contribution in [0.15, 0.2) is 49.1 Å². The molecule has 2 aromatic rings. The predicted molar refractivity (Wildman–Crippen MR) is 125 cm³/mol. The maximum Gasteiger partial charge on any atom is 0.349 e. The Morgan fingerprint density at radius 1 is 1.06 bits per heavy atom. The first-order valence-corrected chi connectivity index (χ1v) is 12.9. The van der Waals surface area contributed by atoms with Gasteiger partial charge in [-0.1, -0.05) is 82.7 Å². The van der Waals surface area contributed by atoms with Gasteiger partial charge >= 0.3 is 5.97 Å². The van der Waals surface area contributed by atoms with Crippen LogP contribution in [0.1, 0.15) is 76.9 Å². The maximum absolute atomic E-state index is 12.0. The van der Waals surface area contributed by atoms with Gasteiger partial charge in [-0.05, 0) is 18.4 Å². The molecular formula is C24H38N2O6S. The van der Waals surface area contributed by atoms with Crippen LogP contribution in [0.5, 0.6) is 0 Å². The lowest BCUT2D eigenvalue weighted by Crippen LogP contribution is -2.24. The fourth-order valence-corrected chi connectivity index (χ4v) is 3.53. The van der Waals surface area contributed by atoms with Crippen molar-refractivity contribution in [3.63, 3.8) is 0 Å². The highest BCUT2D eigenvalue weighted by Crippen LogP contribution is 2.22. The zero-order chi connectivity index (χ0) is 24.5. The largest absolute Gasteiger partial charge is 0.726 e. The van der Waals surface area contributed by atoms with Gasteiger partial charge in [0.15, 0.2) is 6.54 Å². The van der Waals surface area contributed by atoms with Gasteiger partial charge in [-0.3, -0.25) is 4.18 Å². The first kappa shape index (κ1) is 28.8. The highest BCUT2D eigenvalue weighted by molar-refractivity contribution is 7.80. The Morgan fingerprint density at radius 2 is 1.73 bits per heavy atom. The maximum atomic E-state index is 12.0. The summed E-state index contributed by atoms with van der Waals surface area (Å²) in [6.07, 6.45) is 13.5. The molecule has 1 heterocycles. The van der Waals surface area contributed by atoms with Crippen LogP contribution in [0.25, 0.3) is 0 Å².